The van der Waals surface area contributed by atoms with Gasteiger partial charge in [0.05, 0.1) is 26.2 Å². The fourth-order valence-corrected chi connectivity index (χ4v) is 2.23. The molecule has 0 fully saturated rings. The lowest BCUT2D eigenvalue weighted by Crippen LogP contribution is -2.44. The molecule has 0 saturated heterocycles. The van der Waals surface area contributed by atoms with Gasteiger partial charge in [-0.3, -0.25) is 33.9 Å². The summed E-state index contributed by atoms with van der Waals surface area (Å²) >= 11 is 0. The van der Waals surface area contributed by atoms with Crippen LogP contribution < -0.4 is 0 Å². The summed E-state index contributed by atoms with van der Waals surface area (Å²) in [6, 6.07) is 0. The molecule has 0 aliphatic rings. The van der Waals surface area contributed by atoms with Gasteiger partial charge in [0, 0.05) is 32.7 Å². The SMILES string of the molecule is C=CCN(CCN(CCN(CC(=O)O)CC(=O)O)CC(=O)O)CC(=O)O. The van der Waals surface area contributed by atoms with E-state index in [0.29, 0.717) is 6.54 Å². The van der Waals surface area contributed by atoms with Crippen LogP contribution in [0.25, 0.3) is 0 Å². The van der Waals surface area contributed by atoms with Crippen molar-refractivity contribution in [1.82, 2.24) is 14.7 Å². The third-order valence-electron chi connectivity index (χ3n) is 3.29. The Hall–Kier alpha value is -2.50. The highest BCUT2D eigenvalue weighted by Gasteiger charge is 2.17. The van der Waals surface area contributed by atoms with Crippen molar-refractivity contribution in [1.29, 1.82) is 0 Å². The minimum Gasteiger partial charge on any atom is -0.480 e. The van der Waals surface area contributed by atoms with Gasteiger partial charge >= 0.3 is 23.9 Å². The van der Waals surface area contributed by atoms with E-state index in [0.717, 1.165) is 0 Å². The maximum atomic E-state index is 11.0. The van der Waals surface area contributed by atoms with Gasteiger partial charge in [-0.2, -0.15) is 0 Å². The summed E-state index contributed by atoms with van der Waals surface area (Å²) in [5.74, 6) is -4.49. The lowest BCUT2D eigenvalue weighted by molar-refractivity contribution is -0.143. The first-order valence-electron chi connectivity index (χ1n) is 7.79. The standard InChI is InChI=1S/C15H25N3O8/c1-2-3-16(8-12(19)20)4-5-17(9-13(21)22)6-7-18(10-14(23)24)11-15(25)26/h2H,1,3-11H2,(H,19,20)(H,21,22)(H,23,24)(H,25,26). The highest BCUT2D eigenvalue weighted by Crippen LogP contribution is 1.97. The summed E-state index contributed by atoms with van der Waals surface area (Å²) in [5, 5.41) is 35.5. The van der Waals surface area contributed by atoms with E-state index in [4.69, 9.17) is 20.4 Å². The molecule has 0 aromatic carbocycles. The summed E-state index contributed by atoms with van der Waals surface area (Å²) in [6.07, 6.45) is 1.53. The first-order chi connectivity index (χ1) is 12.1. The largest absolute Gasteiger partial charge is 0.480 e. The van der Waals surface area contributed by atoms with Gasteiger partial charge in [-0.15, -0.1) is 6.58 Å². The van der Waals surface area contributed by atoms with Crippen LogP contribution in [0.5, 0.6) is 0 Å². The third kappa shape index (κ3) is 12.9. The van der Waals surface area contributed by atoms with Crippen molar-refractivity contribution >= 4 is 23.9 Å². The van der Waals surface area contributed by atoms with Gasteiger partial charge < -0.3 is 20.4 Å². The number of hydrogen-bond donors (Lipinski definition) is 4. The average Bonchev–Trinajstić information content (AvgIpc) is 2.47. The Morgan fingerprint density at radius 3 is 1.31 bits per heavy atom. The molecule has 0 unspecified atom stereocenters. The van der Waals surface area contributed by atoms with Crippen molar-refractivity contribution in [3.8, 4) is 0 Å². The molecule has 0 amide bonds. The Morgan fingerprint density at radius 2 is 0.923 bits per heavy atom. The number of aliphatic carboxylic acids is 4. The predicted molar refractivity (Wildman–Crippen MR) is 90.1 cm³/mol. The molecule has 0 saturated carbocycles. The maximum absolute atomic E-state index is 11.0. The van der Waals surface area contributed by atoms with Crippen LogP contribution in [0.3, 0.4) is 0 Å². The van der Waals surface area contributed by atoms with Crippen molar-refractivity contribution < 1.29 is 39.6 Å². The molecule has 0 spiro atoms. The van der Waals surface area contributed by atoms with Gasteiger partial charge in [-0.25, -0.2) is 0 Å². The molecule has 0 aromatic rings. The second-order valence-electron chi connectivity index (χ2n) is 5.59. The number of hydrogen-bond acceptors (Lipinski definition) is 7. The van der Waals surface area contributed by atoms with Crippen LogP contribution >= 0.6 is 0 Å². The topological polar surface area (TPSA) is 159 Å². The predicted octanol–water partition coefficient (Wildman–Crippen LogP) is -1.58. The van der Waals surface area contributed by atoms with Crippen LogP contribution in [0.2, 0.25) is 0 Å². The molecule has 0 atom stereocenters. The van der Waals surface area contributed by atoms with Crippen molar-refractivity contribution in [2.24, 2.45) is 0 Å². The summed E-state index contributed by atoms with van der Waals surface area (Å²) < 4.78 is 0. The van der Waals surface area contributed by atoms with Gasteiger partial charge in [0.15, 0.2) is 0 Å². The Morgan fingerprint density at radius 1 is 0.615 bits per heavy atom. The van der Waals surface area contributed by atoms with Gasteiger partial charge in [-0.05, 0) is 0 Å². The highest BCUT2D eigenvalue weighted by molar-refractivity contribution is 5.72. The minimum absolute atomic E-state index is 0.0479. The fourth-order valence-electron chi connectivity index (χ4n) is 2.23. The maximum Gasteiger partial charge on any atom is 0.317 e. The van der Waals surface area contributed by atoms with Gasteiger partial charge in [0.1, 0.15) is 0 Å². The number of carboxylic acids is 4. The van der Waals surface area contributed by atoms with E-state index in [2.05, 4.69) is 6.58 Å². The monoisotopic (exact) mass is 375 g/mol. The second kappa shape index (κ2) is 12.8. The number of carboxylic acid groups (broad SMARTS) is 4. The van der Waals surface area contributed by atoms with E-state index in [1.807, 2.05) is 0 Å². The summed E-state index contributed by atoms with van der Waals surface area (Å²) in [5.41, 5.74) is 0. The van der Waals surface area contributed by atoms with Crippen LogP contribution in [0.15, 0.2) is 12.7 Å². The lowest BCUT2D eigenvalue weighted by atomic mass is 10.3. The summed E-state index contributed by atoms with van der Waals surface area (Å²) in [6.45, 7) is 3.01. The molecule has 4 N–H and O–H groups in total. The van der Waals surface area contributed by atoms with Gasteiger partial charge in [0.25, 0.3) is 0 Å². The van der Waals surface area contributed by atoms with E-state index >= 15 is 0 Å². The third-order valence-corrected chi connectivity index (χ3v) is 3.29. The Kier molecular flexibility index (Phi) is 11.6. The molecule has 26 heavy (non-hydrogen) atoms. The highest BCUT2D eigenvalue weighted by atomic mass is 16.4. The lowest BCUT2D eigenvalue weighted by Gasteiger charge is -2.27. The number of rotatable bonds is 16. The minimum atomic E-state index is -1.19. The number of nitrogens with zero attached hydrogens (tertiary/aromatic N) is 3. The van der Waals surface area contributed by atoms with Gasteiger partial charge in [0.2, 0.25) is 0 Å². The molecule has 0 aliphatic heterocycles. The van der Waals surface area contributed by atoms with E-state index in [1.54, 1.807) is 4.90 Å². The zero-order valence-corrected chi connectivity index (χ0v) is 14.4. The molecule has 0 heterocycles. The zero-order chi connectivity index (χ0) is 20.1. The molecule has 148 valence electrons. The molecular weight excluding hydrogens is 350 g/mol. The first kappa shape index (κ1) is 23.5. The van der Waals surface area contributed by atoms with Crippen LogP contribution in [0, 0.1) is 0 Å². The molecule has 0 rings (SSSR count). The first-order valence-corrected chi connectivity index (χ1v) is 7.79. The quantitative estimate of drug-likeness (QED) is 0.230. The molecule has 11 nitrogen and oxygen atoms in total. The summed E-state index contributed by atoms with van der Waals surface area (Å²) in [7, 11) is 0. The number of carbonyl (C=O) groups is 4. The molecule has 0 aromatic heterocycles. The molecule has 0 radical (unpaired) electrons. The normalized spacial score (nSPS) is 11.0. The molecule has 0 bridgehead atoms. The Bertz CT molecular complexity index is 495. The summed E-state index contributed by atoms with van der Waals surface area (Å²) in [4.78, 5) is 47.6. The zero-order valence-electron chi connectivity index (χ0n) is 14.4. The smallest absolute Gasteiger partial charge is 0.317 e. The molecule has 11 heteroatoms. The molecule has 0 aliphatic carbocycles. The van der Waals surface area contributed by atoms with Gasteiger partial charge in [-0.1, -0.05) is 6.08 Å². The van der Waals surface area contributed by atoms with E-state index in [9.17, 15) is 19.2 Å². The van der Waals surface area contributed by atoms with Crippen LogP contribution in [-0.2, 0) is 19.2 Å². The Balaban J connectivity index is 4.76. The van der Waals surface area contributed by atoms with Crippen molar-refractivity contribution in [3.05, 3.63) is 12.7 Å². The second-order valence-corrected chi connectivity index (χ2v) is 5.59. The average molecular weight is 375 g/mol. The van der Waals surface area contributed by atoms with E-state index in [-0.39, 0.29) is 39.3 Å². The van der Waals surface area contributed by atoms with Crippen LogP contribution in [0.4, 0.5) is 0 Å². The van der Waals surface area contributed by atoms with E-state index < -0.39 is 37.0 Å². The van der Waals surface area contributed by atoms with Crippen molar-refractivity contribution in [2.75, 3.05) is 58.9 Å². The van der Waals surface area contributed by atoms with E-state index in [1.165, 1.54) is 15.9 Å². The van der Waals surface area contributed by atoms with Crippen molar-refractivity contribution in [2.45, 2.75) is 0 Å². The fraction of sp³-hybridized carbons (Fsp3) is 0.600. The Labute approximate surface area is 150 Å². The van der Waals surface area contributed by atoms with Crippen molar-refractivity contribution in [3.63, 3.8) is 0 Å². The van der Waals surface area contributed by atoms with Crippen LogP contribution in [0.1, 0.15) is 0 Å². The molecular formula is C15H25N3O8. The van der Waals surface area contributed by atoms with Crippen LogP contribution in [-0.4, -0.2) is 118 Å².